The van der Waals surface area contributed by atoms with Gasteiger partial charge in [-0.1, -0.05) is 12.1 Å². The fourth-order valence-electron chi connectivity index (χ4n) is 1.84. The lowest BCUT2D eigenvalue weighted by Gasteiger charge is -2.12. The van der Waals surface area contributed by atoms with Crippen LogP contribution in [0.25, 0.3) is 10.6 Å². The Kier molecular flexibility index (Phi) is 4.97. The first-order chi connectivity index (χ1) is 9.90. The van der Waals surface area contributed by atoms with E-state index in [9.17, 15) is 13.2 Å². The van der Waals surface area contributed by atoms with Crippen molar-refractivity contribution in [3.05, 3.63) is 40.9 Å². The second kappa shape index (κ2) is 6.55. The Morgan fingerprint density at radius 1 is 1.24 bits per heavy atom. The van der Waals surface area contributed by atoms with Gasteiger partial charge in [0.15, 0.2) is 0 Å². The van der Waals surface area contributed by atoms with Gasteiger partial charge in [0.1, 0.15) is 5.01 Å². The molecule has 0 amide bonds. The van der Waals surface area contributed by atoms with Crippen molar-refractivity contribution in [1.82, 2.24) is 9.88 Å². The predicted molar refractivity (Wildman–Crippen MR) is 76.0 cm³/mol. The summed E-state index contributed by atoms with van der Waals surface area (Å²) in [5, 5.41) is 11.4. The van der Waals surface area contributed by atoms with Gasteiger partial charge >= 0.3 is 6.18 Å². The molecule has 0 aliphatic rings. The maximum Gasteiger partial charge on any atom is 0.416 e. The Morgan fingerprint density at radius 2 is 1.90 bits per heavy atom. The fourth-order valence-corrected chi connectivity index (χ4v) is 2.66. The van der Waals surface area contributed by atoms with Crippen LogP contribution in [0.4, 0.5) is 13.2 Å². The van der Waals surface area contributed by atoms with E-state index in [1.165, 1.54) is 23.5 Å². The van der Waals surface area contributed by atoms with Crippen molar-refractivity contribution in [1.29, 1.82) is 0 Å². The summed E-state index contributed by atoms with van der Waals surface area (Å²) in [6.45, 7) is 1.22. The molecule has 0 bridgehead atoms. The summed E-state index contributed by atoms with van der Waals surface area (Å²) in [4.78, 5) is 6.33. The lowest BCUT2D eigenvalue weighted by molar-refractivity contribution is -0.137. The van der Waals surface area contributed by atoms with E-state index in [0.29, 0.717) is 23.7 Å². The first-order valence-electron chi connectivity index (χ1n) is 6.31. The topological polar surface area (TPSA) is 36.4 Å². The minimum Gasteiger partial charge on any atom is -0.395 e. The van der Waals surface area contributed by atoms with Crippen molar-refractivity contribution in [3.8, 4) is 10.6 Å². The largest absolute Gasteiger partial charge is 0.416 e. The number of thiazole rings is 1. The van der Waals surface area contributed by atoms with Crippen molar-refractivity contribution < 1.29 is 18.3 Å². The summed E-state index contributed by atoms with van der Waals surface area (Å²) in [7, 11) is 1.87. The van der Waals surface area contributed by atoms with Crippen LogP contribution in [0.15, 0.2) is 29.6 Å². The van der Waals surface area contributed by atoms with Crippen LogP contribution in [0.3, 0.4) is 0 Å². The van der Waals surface area contributed by atoms with Gasteiger partial charge in [-0.3, -0.25) is 4.90 Å². The quantitative estimate of drug-likeness (QED) is 0.920. The van der Waals surface area contributed by atoms with Gasteiger partial charge in [-0.15, -0.1) is 11.3 Å². The highest BCUT2D eigenvalue weighted by Crippen LogP contribution is 2.31. The molecule has 0 aliphatic heterocycles. The van der Waals surface area contributed by atoms with Crippen LogP contribution in [0, 0.1) is 0 Å². The Hall–Kier alpha value is -1.44. The van der Waals surface area contributed by atoms with Crippen LogP contribution in [0.2, 0.25) is 0 Å². The van der Waals surface area contributed by atoms with Crippen molar-refractivity contribution in [2.24, 2.45) is 0 Å². The van der Waals surface area contributed by atoms with Crippen LogP contribution < -0.4 is 0 Å². The number of alkyl halides is 3. The number of rotatable bonds is 5. The molecule has 0 fully saturated rings. The van der Waals surface area contributed by atoms with Crippen LogP contribution in [-0.4, -0.2) is 35.2 Å². The molecule has 1 N–H and O–H groups in total. The highest BCUT2D eigenvalue weighted by atomic mass is 32.1. The first kappa shape index (κ1) is 15.9. The summed E-state index contributed by atoms with van der Waals surface area (Å²) in [5.74, 6) is 0. The SMILES string of the molecule is CN(CCO)Cc1csc(-c2ccc(C(F)(F)F)cc2)n1. The third kappa shape index (κ3) is 4.26. The molecule has 0 aliphatic carbocycles. The maximum atomic E-state index is 12.5. The van der Waals surface area contributed by atoms with E-state index in [1.54, 1.807) is 0 Å². The maximum absolute atomic E-state index is 12.5. The third-order valence-corrected chi connectivity index (χ3v) is 3.86. The molecule has 2 aromatic rings. The molecule has 114 valence electrons. The molecule has 2 rings (SSSR count). The number of benzene rings is 1. The Balaban J connectivity index is 2.11. The van der Waals surface area contributed by atoms with Gasteiger partial charge in [0.05, 0.1) is 17.9 Å². The number of likely N-dealkylation sites (N-methyl/N-ethyl adjacent to an activating group) is 1. The van der Waals surface area contributed by atoms with E-state index in [2.05, 4.69) is 4.98 Å². The minimum absolute atomic E-state index is 0.0758. The molecule has 1 aromatic heterocycles. The Labute approximate surface area is 124 Å². The van der Waals surface area contributed by atoms with Crippen molar-refractivity contribution >= 4 is 11.3 Å². The summed E-state index contributed by atoms with van der Waals surface area (Å²) in [6.07, 6.45) is -4.32. The van der Waals surface area contributed by atoms with Crippen LogP contribution in [0.1, 0.15) is 11.3 Å². The molecule has 0 unspecified atom stereocenters. The summed E-state index contributed by atoms with van der Waals surface area (Å²) in [5.41, 5.74) is 0.848. The van der Waals surface area contributed by atoms with Gasteiger partial charge in [0, 0.05) is 24.0 Å². The number of aliphatic hydroxyl groups excluding tert-OH is 1. The van der Waals surface area contributed by atoms with Gasteiger partial charge in [0.25, 0.3) is 0 Å². The predicted octanol–water partition coefficient (Wildman–Crippen LogP) is 3.25. The lowest BCUT2D eigenvalue weighted by atomic mass is 10.1. The summed E-state index contributed by atoms with van der Waals surface area (Å²) in [6, 6.07) is 4.99. The number of nitrogens with zero attached hydrogens (tertiary/aromatic N) is 2. The van der Waals surface area contributed by atoms with Crippen molar-refractivity contribution in [2.45, 2.75) is 12.7 Å². The zero-order valence-corrected chi connectivity index (χ0v) is 12.2. The monoisotopic (exact) mass is 316 g/mol. The van der Waals surface area contributed by atoms with Crippen LogP contribution >= 0.6 is 11.3 Å². The van der Waals surface area contributed by atoms with Crippen molar-refractivity contribution in [2.75, 3.05) is 20.2 Å². The molecule has 7 heteroatoms. The number of halogens is 3. The zero-order valence-electron chi connectivity index (χ0n) is 11.4. The molecule has 3 nitrogen and oxygen atoms in total. The third-order valence-electron chi connectivity index (χ3n) is 2.92. The normalized spacial score (nSPS) is 12.1. The highest BCUT2D eigenvalue weighted by Gasteiger charge is 2.30. The van der Waals surface area contributed by atoms with E-state index in [0.717, 1.165) is 17.8 Å². The van der Waals surface area contributed by atoms with E-state index in [1.807, 2.05) is 17.3 Å². The standard InChI is InChI=1S/C14H15F3N2OS/c1-19(6-7-20)8-12-9-21-13(18-12)10-2-4-11(5-3-10)14(15,16)17/h2-5,9,20H,6-8H2,1H3. The molecule has 0 saturated carbocycles. The molecular formula is C14H15F3N2OS. The number of hydrogen-bond acceptors (Lipinski definition) is 4. The first-order valence-corrected chi connectivity index (χ1v) is 7.19. The molecule has 0 saturated heterocycles. The van der Waals surface area contributed by atoms with E-state index < -0.39 is 11.7 Å². The molecule has 21 heavy (non-hydrogen) atoms. The number of aromatic nitrogens is 1. The second-order valence-corrected chi connectivity index (χ2v) is 5.54. The molecule has 0 atom stereocenters. The van der Waals surface area contributed by atoms with Crippen LogP contribution in [-0.2, 0) is 12.7 Å². The molecule has 1 heterocycles. The molecular weight excluding hydrogens is 301 g/mol. The Bertz CT molecular complexity index is 581. The zero-order chi connectivity index (χ0) is 15.5. The average molecular weight is 316 g/mol. The minimum atomic E-state index is -4.32. The van der Waals surface area contributed by atoms with Gasteiger partial charge < -0.3 is 5.11 Å². The molecule has 0 spiro atoms. The summed E-state index contributed by atoms with van der Waals surface area (Å²) >= 11 is 1.39. The fraction of sp³-hybridized carbons (Fsp3) is 0.357. The number of aliphatic hydroxyl groups is 1. The van der Waals surface area contributed by atoms with E-state index in [4.69, 9.17) is 5.11 Å². The van der Waals surface area contributed by atoms with E-state index in [-0.39, 0.29) is 6.61 Å². The average Bonchev–Trinajstić information content (AvgIpc) is 2.86. The van der Waals surface area contributed by atoms with E-state index >= 15 is 0 Å². The van der Waals surface area contributed by atoms with Gasteiger partial charge in [-0.05, 0) is 19.2 Å². The van der Waals surface area contributed by atoms with Gasteiger partial charge in [-0.2, -0.15) is 13.2 Å². The number of hydrogen-bond donors (Lipinski definition) is 1. The van der Waals surface area contributed by atoms with Gasteiger partial charge in [0.2, 0.25) is 0 Å². The van der Waals surface area contributed by atoms with Crippen molar-refractivity contribution in [3.63, 3.8) is 0 Å². The molecule has 1 aromatic carbocycles. The van der Waals surface area contributed by atoms with Crippen LogP contribution in [0.5, 0.6) is 0 Å². The van der Waals surface area contributed by atoms with Gasteiger partial charge in [-0.25, -0.2) is 4.98 Å². The Morgan fingerprint density at radius 3 is 2.48 bits per heavy atom. The molecule has 0 radical (unpaired) electrons. The summed E-state index contributed by atoms with van der Waals surface area (Å²) < 4.78 is 37.5. The lowest BCUT2D eigenvalue weighted by Crippen LogP contribution is -2.21. The smallest absolute Gasteiger partial charge is 0.395 e. The second-order valence-electron chi connectivity index (χ2n) is 4.68. The highest BCUT2D eigenvalue weighted by molar-refractivity contribution is 7.13.